The number of aromatic nitrogens is 2. The van der Waals surface area contributed by atoms with Crippen LogP contribution in [0.3, 0.4) is 0 Å². The molecule has 4 nitrogen and oxygen atoms in total. The second-order valence-electron chi connectivity index (χ2n) is 6.98. The third kappa shape index (κ3) is 3.08. The molecule has 1 N–H and O–H groups in total. The van der Waals surface area contributed by atoms with Crippen molar-refractivity contribution in [3.8, 4) is 0 Å². The van der Waals surface area contributed by atoms with Gasteiger partial charge < -0.3 is 9.88 Å². The number of benzene rings is 2. The lowest BCUT2D eigenvalue weighted by atomic mass is 10.1. The highest BCUT2D eigenvalue weighted by atomic mass is 16.2. The van der Waals surface area contributed by atoms with Crippen molar-refractivity contribution < 1.29 is 9.36 Å². The minimum atomic E-state index is -0.279. The zero-order valence-corrected chi connectivity index (χ0v) is 15.9. The average Bonchev–Trinajstić information content (AvgIpc) is 3.01. The van der Waals surface area contributed by atoms with Crippen LogP contribution in [0.4, 0.5) is 5.69 Å². The third-order valence-corrected chi connectivity index (χ3v) is 5.20. The summed E-state index contributed by atoms with van der Waals surface area (Å²) in [6, 6.07) is 18.3. The largest absolute Gasteiger partial charge is 0.341 e. The fourth-order valence-corrected chi connectivity index (χ4v) is 3.62. The summed E-state index contributed by atoms with van der Waals surface area (Å²) >= 11 is 0. The molecule has 2 aromatic carbocycles. The monoisotopic (exact) mass is 358 g/mol. The van der Waals surface area contributed by atoms with Crippen LogP contribution in [-0.4, -0.2) is 10.5 Å². The van der Waals surface area contributed by atoms with E-state index in [0.717, 1.165) is 12.2 Å². The Labute approximate surface area is 159 Å². The number of hydrogen-bond acceptors (Lipinski definition) is 1. The van der Waals surface area contributed by atoms with Crippen LogP contribution in [-0.2, 0) is 11.3 Å². The number of amides is 1. The first-order chi connectivity index (χ1) is 13.1. The molecule has 4 heteroatoms. The van der Waals surface area contributed by atoms with Gasteiger partial charge in [-0.25, -0.2) is 0 Å². The van der Waals surface area contributed by atoms with Crippen molar-refractivity contribution >= 4 is 33.4 Å². The smallest absolute Gasteiger partial charge is 0.293 e. The van der Waals surface area contributed by atoms with Crippen LogP contribution in [0.25, 0.3) is 21.8 Å². The third-order valence-electron chi connectivity index (χ3n) is 5.20. The topological polar surface area (TPSA) is 37.9 Å². The molecular formula is C23H24N3O+. The van der Waals surface area contributed by atoms with Crippen LogP contribution in [0.15, 0.2) is 67.0 Å². The average molecular weight is 358 g/mol. The molecule has 2 aromatic heterocycles. The van der Waals surface area contributed by atoms with E-state index in [1.54, 1.807) is 0 Å². The highest BCUT2D eigenvalue weighted by molar-refractivity contribution is 6.09. The Morgan fingerprint density at radius 3 is 2.48 bits per heavy atom. The van der Waals surface area contributed by atoms with E-state index >= 15 is 0 Å². The first kappa shape index (κ1) is 17.3. The number of anilines is 1. The molecule has 0 fully saturated rings. The maximum Gasteiger partial charge on any atom is 0.293 e. The summed E-state index contributed by atoms with van der Waals surface area (Å²) in [5.41, 5.74) is 4.42. The Morgan fingerprint density at radius 2 is 1.74 bits per heavy atom. The number of para-hydroxylation sites is 1. The Hall–Kier alpha value is -3.14. The number of rotatable bonds is 4. The van der Waals surface area contributed by atoms with Gasteiger partial charge in [0.05, 0.1) is 0 Å². The maximum atomic E-state index is 12.7. The van der Waals surface area contributed by atoms with E-state index in [2.05, 4.69) is 53.2 Å². The normalized spacial score (nSPS) is 12.4. The van der Waals surface area contributed by atoms with Crippen LogP contribution < -0.4 is 9.88 Å². The van der Waals surface area contributed by atoms with Gasteiger partial charge in [-0.2, -0.15) is 4.57 Å². The number of nitrogens with zero attached hydrogens (tertiary/aromatic N) is 2. The quantitative estimate of drug-likeness (QED) is 0.532. The molecule has 1 atom stereocenters. The molecule has 27 heavy (non-hydrogen) atoms. The minimum absolute atomic E-state index is 0.0255. The van der Waals surface area contributed by atoms with Gasteiger partial charge in [0.2, 0.25) is 6.04 Å². The van der Waals surface area contributed by atoms with Crippen LogP contribution in [0.1, 0.15) is 25.5 Å². The minimum Gasteiger partial charge on any atom is -0.341 e. The van der Waals surface area contributed by atoms with Crippen molar-refractivity contribution in [3.63, 3.8) is 0 Å². The van der Waals surface area contributed by atoms with Gasteiger partial charge in [-0.15, -0.1) is 0 Å². The molecule has 0 radical (unpaired) electrons. The number of aryl methyl sites for hydroxylation is 2. The van der Waals surface area contributed by atoms with E-state index in [4.69, 9.17) is 0 Å². The molecule has 0 spiro atoms. The summed E-state index contributed by atoms with van der Waals surface area (Å²) < 4.78 is 4.23. The summed E-state index contributed by atoms with van der Waals surface area (Å²) in [4.78, 5) is 12.7. The summed E-state index contributed by atoms with van der Waals surface area (Å²) in [5.74, 6) is -0.0255. The van der Waals surface area contributed by atoms with E-state index in [-0.39, 0.29) is 11.9 Å². The van der Waals surface area contributed by atoms with Crippen molar-refractivity contribution in [2.75, 3.05) is 5.32 Å². The Balaban J connectivity index is 1.67. The molecule has 0 unspecified atom stereocenters. The van der Waals surface area contributed by atoms with Crippen LogP contribution in [0.5, 0.6) is 0 Å². The fraction of sp³-hybridized carbons (Fsp3) is 0.217. The molecule has 1 amide bonds. The van der Waals surface area contributed by atoms with E-state index < -0.39 is 0 Å². The van der Waals surface area contributed by atoms with E-state index in [1.807, 2.05) is 49.0 Å². The van der Waals surface area contributed by atoms with Crippen LogP contribution >= 0.6 is 0 Å². The van der Waals surface area contributed by atoms with Crippen molar-refractivity contribution in [2.24, 2.45) is 0 Å². The molecule has 136 valence electrons. The number of carbonyl (C=O) groups is 1. The number of fused-ring (bicyclic) bond motifs is 3. The predicted octanol–water partition coefficient (Wildman–Crippen LogP) is 4.61. The van der Waals surface area contributed by atoms with Gasteiger partial charge in [0.25, 0.3) is 5.91 Å². The van der Waals surface area contributed by atoms with Crippen molar-refractivity contribution in [3.05, 3.63) is 72.6 Å². The molecule has 0 saturated heterocycles. The SMILES string of the molecule is CCn1c2ccccc2c2cc(NC(=O)[C@H](C)[n+]3ccc(C)cc3)ccc21. The van der Waals surface area contributed by atoms with Gasteiger partial charge >= 0.3 is 0 Å². The highest BCUT2D eigenvalue weighted by Gasteiger charge is 2.22. The number of carbonyl (C=O) groups excluding carboxylic acids is 1. The lowest BCUT2D eigenvalue weighted by Gasteiger charge is -2.09. The van der Waals surface area contributed by atoms with Crippen molar-refractivity contribution in [1.29, 1.82) is 0 Å². The van der Waals surface area contributed by atoms with Gasteiger partial charge in [-0.1, -0.05) is 18.2 Å². The second-order valence-corrected chi connectivity index (χ2v) is 6.98. The molecule has 4 rings (SSSR count). The Morgan fingerprint density at radius 1 is 1.04 bits per heavy atom. The van der Waals surface area contributed by atoms with Gasteiger partial charge in [-0.3, -0.25) is 4.79 Å². The van der Waals surface area contributed by atoms with Gasteiger partial charge in [0.15, 0.2) is 12.4 Å². The van der Waals surface area contributed by atoms with Crippen molar-refractivity contribution in [1.82, 2.24) is 4.57 Å². The Bertz CT molecular complexity index is 1130. The predicted molar refractivity (Wildman–Crippen MR) is 110 cm³/mol. The second kappa shape index (κ2) is 6.88. The van der Waals surface area contributed by atoms with Gasteiger partial charge in [0, 0.05) is 53.1 Å². The first-order valence-electron chi connectivity index (χ1n) is 9.37. The first-order valence-corrected chi connectivity index (χ1v) is 9.37. The zero-order valence-electron chi connectivity index (χ0n) is 15.9. The van der Waals surface area contributed by atoms with Crippen LogP contribution in [0.2, 0.25) is 0 Å². The summed E-state index contributed by atoms with van der Waals surface area (Å²) in [6.45, 7) is 7.02. The summed E-state index contributed by atoms with van der Waals surface area (Å²) in [7, 11) is 0. The molecule has 4 aromatic rings. The van der Waals surface area contributed by atoms with E-state index in [0.29, 0.717) is 0 Å². The molecule has 0 aliphatic carbocycles. The number of pyridine rings is 1. The van der Waals surface area contributed by atoms with Crippen molar-refractivity contribution in [2.45, 2.75) is 33.4 Å². The molecule has 0 saturated carbocycles. The zero-order chi connectivity index (χ0) is 19.0. The summed E-state index contributed by atoms with van der Waals surface area (Å²) in [6.07, 6.45) is 3.88. The number of hydrogen-bond donors (Lipinski definition) is 1. The fourth-order valence-electron chi connectivity index (χ4n) is 3.62. The molecular weight excluding hydrogens is 334 g/mol. The maximum absolute atomic E-state index is 12.7. The van der Waals surface area contributed by atoms with E-state index in [9.17, 15) is 4.79 Å². The molecule has 0 bridgehead atoms. The molecule has 0 aliphatic heterocycles. The lowest BCUT2D eigenvalue weighted by molar-refractivity contribution is -0.705. The molecule has 2 heterocycles. The number of nitrogens with one attached hydrogen (secondary N) is 1. The van der Waals surface area contributed by atoms with Gasteiger partial charge in [-0.05, 0) is 43.7 Å². The lowest BCUT2D eigenvalue weighted by Crippen LogP contribution is -2.43. The molecule has 0 aliphatic rings. The van der Waals surface area contributed by atoms with E-state index in [1.165, 1.54) is 27.4 Å². The summed E-state index contributed by atoms with van der Waals surface area (Å²) in [5, 5.41) is 5.45. The van der Waals surface area contributed by atoms with Crippen LogP contribution in [0, 0.1) is 6.92 Å². The Kier molecular flexibility index (Phi) is 4.40. The standard InChI is InChI=1S/C23H23N3O/c1-4-26-21-8-6-5-7-19(21)20-15-18(9-10-22(20)26)24-23(27)17(3)25-13-11-16(2)12-14-25/h5-15,17H,4H2,1-3H3/p+1/t17-/m0/s1. The van der Waals surface area contributed by atoms with Gasteiger partial charge in [0.1, 0.15) is 0 Å². The highest BCUT2D eigenvalue weighted by Crippen LogP contribution is 2.31.